The number of nitrogens with zero attached hydrogens (tertiary/aromatic N) is 1. The van der Waals surface area contributed by atoms with Gasteiger partial charge in [0.05, 0.1) is 6.61 Å². The zero-order valence-corrected chi connectivity index (χ0v) is 26.3. The first-order chi connectivity index (χ1) is 19.4. The molecule has 3 amide bonds. The first kappa shape index (κ1) is 35.4. The third kappa shape index (κ3) is 15.1. The fraction of sp³-hybridized carbons (Fsp3) is 0.500. The highest BCUT2D eigenvalue weighted by atomic mass is 16.5. The Morgan fingerprint density at radius 1 is 0.976 bits per heavy atom. The Bertz CT molecular complexity index is 1090. The molecule has 0 spiro atoms. The molecule has 7 nitrogen and oxygen atoms in total. The highest BCUT2D eigenvalue weighted by Gasteiger charge is 2.23. The van der Waals surface area contributed by atoms with Crippen molar-refractivity contribution in [2.24, 2.45) is 11.3 Å². The molecule has 226 valence electrons. The molecule has 0 aromatic heterocycles. The van der Waals surface area contributed by atoms with Crippen molar-refractivity contribution in [1.82, 2.24) is 10.6 Å². The van der Waals surface area contributed by atoms with Crippen molar-refractivity contribution in [3.05, 3.63) is 77.9 Å². The van der Waals surface area contributed by atoms with E-state index in [4.69, 9.17) is 4.74 Å². The molecule has 7 heteroatoms. The van der Waals surface area contributed by atoms with E-state index in [1.165, 1.54) is 6.08 Å². The minimum Gasteiger partial charge on any atom is -0.449 e. The molecule has 2 aromatic carbocycles. The van der Waals surface area contributed by atoms with Crippen molar-refractivity contribution in [2.45, 2.75) is 80.7 Å². The summed E-state index contributed by atoms with van der Waals surface area (Å²) in [6, 6.07) is 17.5. The number of hydrogen-bond donors (Lipinski definition) is 2. The second kappa shape index (κ2) is 18.7. The van der Waals surface area contributed by atoms with E-state index in [9.17, 15) is 14.4 Å². The van der Waals surface area contributed by atoms with Crippen LogP contribution >= 0.6 is 0 Å². The van der Waals surface area contributed by atoms with Gasteiger partial charge in [-0.25, -0.2) is 4.79 Å². The Morgan fingerprint density at radius 3 is 2.22 bits per heavy atom. The fourth-order valence-corrected chi connectivity index (χ4v) is 3.78. The number of para-hydroxylation sites is 1. The molecule has 1 atom stereocenters. The number of alkyl carbamates (subject to hydrolysis) is 1. The molecular formula is C34H51N3O4. The molecule has 0 fully saturated rings. The van der Waals surface area contributed by atoms with Crippen molar-refractivity contribution in [3.8, 4) is 0 Å². The van der Waals surface area contributed by atoms with Crippen molar-refractivity contribution in [2.75, 3.05) is 24.6 Å². The van der Waals surface area contributed by atoms with Gasteiger partial charge in [-0.2, -0.15) is 0 Å². The number of aryl methyl sites for hydroxylation is 1. The zero-order chi connectivity index (χ0) is 30.8. The average Bonchev–Trinajstić information content (AvgIpc) is 3.37. The third-order valence-corrected chi connectivity index (χ3v) is 5.59. The number of rotatable bonds is 9. The number of fused-ring (bicyclic) bond motifs is 1. The number of nitrogens with one attached hydrogen (secondary N) is 2. The normalized spacial score (nSPS) is 12.9. The van der Waals surface area contributed by atoms with Crippen LogP contribution in [-0.2, 0) is 27.2 Å². The number of hydrogen-bond acceptors (Lipinski definition) is 4. The Hall–Kier alpha value is -3.61. The number of anilines is 1. The lowest BCUT2D eigenvalue weighted by Gasteiger charge is -2.19. The monoisotopic (exact) mass is 565 g/mol. The van der Waals surface area contributed by atoms with E-state index in [1.54, 1.807) is 11.0 Å². The van der Waals surface area contributed by atoms with Gasteiger partial charge < -0.3 is 20.3 Å². The lowest BCUT2D eigenvalue weighted by atomic mass is 9.99. The van der Waals surface area contributed by atoms with Crippen LogP contribution in [0.5, 0.6) is 0 Å². The van der Waals surface area contributed by atoms with Gasteiger partial charge in [0.15, 0.2) is 0 Å². The van der Waals surface area contributed by atoms with Crippen molar-refractivity contribution < 1.29 is 19.1 Å². The maximum absolute atomic E-state index is 12.9. The van der Waals surface area contributed by atoms with Crippen LogP contribution in [0.4, 0.5) is 10.5 Å². The number of amides is 3. The quantitative estimate of drug-likeness (QED) is 0.331. The fourth-order valence-electron chi connectivity index (χ4n) is 3.78. The Morgan fingerprint density at radius 2 is 1.59 bits per heavy atom. The summed E-state index contributed by atoms with van der Waals surface area (Å²) in [5.41, 5.74) is 3.08. The molecular weight excluding hydrogens is 514 g/mol. The molecule has 0 saturated heterocycles. The van der Waals surface area contributed by atoms with Crippen LogP contribution in [-0.4, -0.2) is 43.6 Å². The highest BCUT2D eigenvalue weighted by molar-refractivity contribution is 6.03. The maximum Gasteiger partial charge on any atom is 0.407 e. The molecule has 0 radical (unpaired) electrons. The molecule has 2 aromatic rings. The smallest absolute Gasteiger partial charge is 0.407 e. The first-order valence-electron chi connectivity index (χ1n) is 14.8. The highest BCUT2D eigenvalue weighted by Crippen LogP contribution is 2.27. The van der Waals surface area contributed by atoms with Crippen LogP contribution in [0.1, 0.15) is 72.9 Å². The van der Waals surface area contributed by atoms with Gasteiger partial charge in [-0.05, 0) is 47.8 Å². The first-order valence-corrected chi connectivity index (χ1v) is 14.8. The Labute approximate surface area is 247 Å². The van der Waals surface area contributed by atoms with E-state index in [0.29, 0.717) is 13.0 Å². The lowest BCUT2D eigenvalue weighted by Crippen LogP contribution is -2.42. The topological polar surface area (TPSA) is 87.7 Å². The molecule has 41 heavy (non-hydrogen) atoms. The minimum atomic E-state index is -0.630. The molecule has 1 heterocycles. The summed E-state index contributed by atoms with van der Waals surface area (Å²) in [6.45, 7) is 17.1. The second-order valence-electron chi connectivity index (χ2n) is 11.6. The van der Waals surface area contributed by atoms with Crippen LogP contribution < -0.4 is 15.5 Å². The molecule has 1 aliphatic heterocycles. The van der Waals surface area contributed by atoms with E-state index in [1.807, 2.05) is 89.2 Å². The maximum atomic E-state index is 12.9. The van der Waals surface area contributed by atoms with Crippen LogP contribution in [0.3, 0.4) is 0 Å². The van der Waals surface area contributed by atoms with E-state index >= 15 is 0 Å². The number of ether oxygens (including phenoxy) is 1. The van der Waals surface area contributed by atoms with Gasteiger partial charge in [0.25, 0.3) is 5.91 Å². The largest absolute Gasteiger partial charge is 0.449 e. The molecule has 0 bridgehead atoms. The van der Waals surface area contributed by atoms with Gasteiger partial charge in [0.1, 0.15) is 6.54 Å². The molecule has 1 aliphatic rings. The summed E-state index contributed by atoms with van der Waals surface area (Å²) in [5, 5.41) is 5.40. The predicted molar refractivity (Wildman–Crippen MR) is 169 cm³/mol. The standard InChI is InChI=1S/C28H35N3O4.C4H10.C2H6/c1-28(2,3)20-35-27(34)29-19-25(32)30-23(14-13-21-9-5-4-6-10-21)15-16-26(33)31-18-17-22-11-7-8-12-24(22)31;1-4(2)3;1-2/h4-12,15-16,23H,13-14,17-20H2,1-3H3,(H,29,34)(H,30,32);4H,1-3H3;1-2H3/b16-15+;;/t23-;;/m0../s1. The second-order valence-corrected chi connectivity index (χ2v) is 11.6. The summed E-state index contributed by atoms with van der Waals surface area (Å²) in [5.74, 6) is 0.372. The van der Waals surface area contributed by atoms with Crippen molar-refractivity contribution >= 4 is 23.6 Å². The number of carbonyl (C=O) groups is 3. The van der Waals surface area contributed by atoms with Gasteiger partial charge >= 0.3 is 6.09 Å². The van der Waals surface area contributed by atoms with Crippen LogP contribution in [0.25, 0.3) is 0 Å². The molecule has 0 aliphatic carbocycles. The summed E-state index contributed by atoms with van der Waals surface area (Å²) in [6.07, 6.45) is 4.82. The van der Waals surface area contributed by atoms with Crippen LogP contribution in [0.2, 0.25) is 0 Å². The minimum absolute atomic E-state index is 0.113. The van der Waals surface area contributed by atoms with Gasteiger partial charge in [0.2, 0.25) is 5.91 Å². The van der Waals surface area contributed by atoms with E-state index < -0.39 is 6.09 Å². The van der Waals surface area contributed by atoms with Gasteiger partial charge in [-0.3, -0.25) is 9.59 Å². The summed E-state index contributed by atoms with van der Waals surface area (Å²) >= 11 is 0. The average molecular weight is 566 g/mol. The van der Waals surface area contributed by atoms with E-state index in [2.05, 4.69) is 31.4 Å². The Kier molecular flexibility index (Phi) is 16.1. The summed E-state index contributed by atoms with van der Waals surface area (Å²) in [7, 11) is 0. The van der Waals surface area contributed by atoms with Crippen LogP contribution in [0, 0.1) is 11.3 Å². The number of carbonyl (C=O) groups excluding carboxylic acids is 3. The lowest BCUT2D eigenvalue weighted by molar-refractivity contribution is -0.120. The molecule has 0 unspecified atom stereocenters. The molecule has 2 N–H and O–H groups in total. The van der Waals surface area contributed by atoms with Crippen molar-refractivity contribution in [3.63, 3.8) is 0 Å². The molecule has 3 rings (SSSR count). The van der Waals surface area contributed by atoms with Crippen molar-refractivity contribution in [1.29, 1.82) is 0 Å². The van der Waals surface area contributed by atoms with Gasteiger partial charge in [-0.1, -0.05) is 110 Å². The third-order valence-electron chi connectivity index (χ3n) is 5.59. The summed E-state index contributed by atoms with van der Waals surface area (Å²) in [4.78, 5) is 39.1. The molecule has 0 saturated carbocycles. The summed E-state index contributed by atoms with van der Waals surface area (Å²) < 4.78 is 5.14. The number of benzene rings is 2. The zero-order valence-electron chi connectivity index (χ0n) is 26.3. The van der Waals surface area contributed by atoms with Gasteiger partial charge in [-0.15, -0.1) is 0 Å². The van der Waals surface area contributed by atoms with Gasteiger partial charge in [0, 0.05) is 24.4 Å². The SMILES string of the molecule is CC.CC(C)(C)COC(=O)NCC(=O)N[C@H](/C=C/C(=O)N1CCc2ccccc21)CCc1ccccc1.CC(C)C. The Balaban J connectivity index is 0.00000129. The van der Waals surface area contributed by atoms with E-state index in [0.717, 1.165) is 35.6 Å². The van der Waals surface area contributed by atoms with E-state index in [-0.39, 0.29) is 36.4 Å². The predicted octanol–water partition coefficient (Wildman–Crippen LogP) is 6.71. The van der Waals surface area contributed by atoms with Crippen LogP contribution in [0.15, 0.2) is 66.7 Å².